The lowest BCUT2D eigenvalue weighted by molar-refractivity contribution is -0.138. The van der Waals surface area contributed by atoms with E-state index in [1.165, 1.54) is 17.1 Å². The van der Waals surface area contributed by atoms with E-state index in [0.29, 0.717) is 27.7 Å². The molecule has 1 N–H and O–H groups in total. The van der Waals surface area contributed by atoms with E-state index in [-0.39, 0.29) is 24.7 Å². The molecule has 0 radical (unpaired) electrons. The lowest BCUT2D eigenvalue weighted by Crippen LogP contribution is -2.46. The Kier molecular flexibility index (Phi) is 5.64. The van der Waals surface area contributed by atoms with Gasteiger partial charge in [0.05, 0.1) is 31.1 Å². The number of rotatable bonds is 5. The highest BCUT2D eigenvalue weighted by Crippen LogP contribution is 2.20. The molecule has 1 aliphatic heterocycles. The fraction of sp³-hybridized carbons (Fsp3) is 0.438. The van der Waals surface area contributed by atoms with Crippen molar-refractivity contribution in [3.05, 3.63) is 34.5 Å². The summed E-state index contributed by atoms with van der Waals surface area (Å²) in [6.07, 6.45) is -1.77. The van der Waals surface area contributed by atoms with E-state index in [1.807, 2.05) is 0 Å². The van der Waals surface area contributed by atoms with Crippen LogP contribution in [0.5, 0.6) is 0 Å². The van der Waals surface area contributed by atoms with Gasteiger partial charge in [0, 0.05) is 17.8 Å². The standard InChI is InChI=1S/C16H17ClF3N7O2/c1-9-11(10(2)27(23-9)13-7-21-6-12(17)22-13)5-14(28)24-26-4-3-25(15(26)29)8-16(18,19)20/h6-7H,3-5,8H2,1-2H3,(H,24,28). The number of carbonyl (C=O) groups is 2. The number of aryl methyl sites for hydroxylation is 1. The maximum absolute atomic E-state index is 12.5. The third-order valence-electron chi connectivity index (χ3n) is 4.31. The first-order valence-corrected chi connectivity index (χ1v) is 8.88. The zero-order chi connectivity index (χ0) is 21.3. The average Bonchev–Trinajstić information content (AvgIpc) is 3.09. The second-order valence-electron chi connectivity index (χ2n) is 6.44. The van der Waals surface area contributed by atoms with Gasteiger partial charge in [-0.3, -0.25) is 15.2 Å². The predicted molar refractivity (Wildman–Crippen MR) is 95.2 cm³/mol. The molecule has 2 aromatic heterocycles. The number of hydrogen-bond donors (Lipinski definition) is 1. The van der Waals surface area contributed by atoms with Crippen LogP contribution < -0.4 is 5.43 Å². The van der Waals surface area contributed by atoms with Crippen molar-refractivity contribution in [2.75, 3.05) is 19.6 Å². The average molecular weight is 432 g/mol. The first kappa shape index (κ1) is 20.8. The zero-order valence-electron chi connectivity index (χ0n) is 15.5. The van der Waals surface area contributed by atoms with Crippen LogP contribution in [0.1, 0.15) is 17.0 Å². The molecule has 3 amide bonds. The van der Waals surface area contributed by atoms with E-state index in [9.17, 15) is 22.8 Å². The fourth-order valence-corrected chi connectivity index (χ4v) is 3.13. The Hall–Kier alpha value is -2.89. The van der Waals surface area contributed by atoms with Crippen LogP contribution in [0.25, 0.3) is 5.82 Å². The van der Waals surface area contributed by atoms with Crippen LogP contribution in [0.15, 0.2) is 12.4 Å². The minimum atomic E-state index is -4.50. The van der Waals surface area contributed by atoms with Crippen LogP contribution in [0.4, 0.5) is 18.0 Å². The summed E-state index contributed by atoms with van der Waals surface area (Å²) in [5.41, 5.74) is 4.14. The molecule has 1 aliphatic rings. The van der Waals surface area contributed by atoms with Crippen LogP contribution in [0.2, 0.25) is 5.15 Å². The van der Waals surface area contributed by atoms with Crippen molar-refractivity contribution < 1.29 is 22.8 Å². The molecule has 29 heavy (non-hydrogen) atoms. The Balaban J connectivity index is 1.68. The molecule has 2 aromatic rings. The fourth-order valence-electron chi connectivity index (χ4n) is 2.99. The maximum atomic E-state index is 12.5. The lowest BCUT2D eigenvalue weighted by Gasteiger charge is -2.20. The van der Waals surface area contributed by atoms with Crippen molar-refractivity contribution in [3.8, 4) is 5.82 Å². The van der Waals surface area contributed by atoms with Crippen LogP contribution >= 0.6 is 11.6 Å². The third kappa shape index (κ3) is 4.75. The van der Waals surface area contributed by atoms with Gasteiger partial charge in [-0.25, -0.2) is 19.5 Å². The molecular weight excluding hydrogens is 415 g/mol. The summed E-state index contributed by atoms with van der Waals surface area (Å²) < 4.78 is 39.0. The third-order valence-corrected chi connectivity index (χ3v) is 4.49. The van der Waals surface area contributed by atoms with Crippen molar-refractivity contribution in [1.29, 1.82) is 0 Å². The molecule has 1 fully saturated rings. The topological polar surface area (TPSA) is 96.2 Å². The van der Waals surface area contributed by atoms with E-state index >= 15 is 0 Å². The highest BCUT2D eigenvalue weighted by atomic mass is 35.5. The van der Waals surface area contributed by atoms with Crippen LogP contribution in [-0.2, 0) is 11.2 Å². The van der Waals surface area contributed by atoms with Gasteiger partial charge < -0.3 is 4.90 Å². The van der Waals surface area contributed by atoms with Gasteiger partial charge in [0.15, 0.2) is 5.82 Å². The number of alkyl halides is 3. The van der Waals surface area contributed by atoms with Crippen molar-refractivity contribution in [1.82, 2.24) is 35.1 Å². The Morgan fingerprint density at radius 3 is 2.66 bits per heavy atom. The summed E-state index contributed by atoms with van der Waals surface area (Å²) in [5.74, 6) is -0.169. The highest BCUT2D eigenvalue weighted by Gasteiger charge is 2.38. The van der Waals surface area contributed by atoms with E-state index in [0.717, 1.165) is 5.01 Å². The van der Waals surface area contributed by atoms with Crippen LogP contribution in [0, 0.1) is 13.8 Å². The second kappa shape index (κ2) is 7.85. The molecular formula is C16H17ClF3N7O2. The number of aromatic nitrogens is 4. The lowest BCUT2D eigenvalue weighted by atomic mass is 10.1. The Morgan fingerprint density at radius 2 is 2.00 bits per heavy atom. The van der Waals surface area contributed by atoms with Crippen LogP contribution in [-0.4, -0.2) is 67.4 Å². The molecule has 9 nitrogen and oxygen atoms in total. The van der Waals surface area contributed by atoms with E-state index in [1.54, 1.807) is 13.8 Å². The molecule has 3 rings (SSSR count). The molecule has 0 unspecified atom stereocenters. The number of carbonyl (C=O) groups excluding carboxylic acids is 2. The van der Waals surface area contributed by atoms with Crippen molar-refractivity contribution in [2.45, 2.75) is 26.4 Å². The number of urea groups is 1. The Labute approximate surface area is 168 Å². The number of hydrazine groups is 1. The maximum Gasteiger partial charge on any atom is 0.406 e. The molecule has 0 bridgehead atoms. The summed E-state index contributed by atoms with van der Waals surface area (Å²) in [7, 11) is 0. The van der Waals surface area contributed by atoms with Crippen molar-refractivity contribution in [3.63, 3.8) is 0 Å². The van der Waals surface area contributed by atoms with Gasteiger partial charge in [0.25, 0.3) is 0 Å². The normalized spacial score (nSPS) is 14.6. The smallest absolute Gasteiger partial charge is 0.312 e. The first-order chi connectivity index (χ1) is 13.5. The van der Waals surface area contributed by atoms with Gasteiger partial charge in [-0.2, -0.15) is 18.3 Å². The zero-order valence-corrected chi connectivity index (χ0v) is 16.3. The van der Waals surface area contributed by atoms with E-state index in [4.69, 9.17) is 11.6 Å². The minimum Gasteiger partial charge on any atom is -0.312 e. The summed E-state index contributed by atoms with van der Waals surface area (Å²) in [6.45, 7) is 1.93. The molecule has 13 heteroatoms. The Morgan fingerprint density at radius 1 is 1.28 bits per heavy atom. The quantitative estimate of drug-likeness (QED) is 0.778. The minimum absolute atomic E-state index is 0.0318. The van der Waals surface area contributed by atoms with Gasteiger partial charge in [-0.15, -0.1) is 0 Å². The summed E-state index contributed by atoms with van der Waals surface area (Å²) in [4.78, 5) is 33.1. The summed E-state index contributed by atoms with van der Waals surface area (Å²) in [6, 6.07) is -0.894. The molecule has 0 aromatic carbocycles. The molecule has 0 atom stereocenters. The molecule has 1 saturated heterocycles. The molecule has 3 heterocycles. The first-order valence-electron chi connectivity index (χ1n) is 8.51. The Bertz CT molecular complexity index is 947. The number of halogens is 4. The number of amides is 3. The largest absolute Gasteiger partial charge is 0.406 e. The summed E-state index contributed by atoms with van der Waals surface area (Å²) in [5, 5.41) is 5.40. The molecule has 156 valence electrons. The van der Waals surface area contributed by atoms with Gasteiger partial charge in [-0.05, 0) is 13.8 Å². The summed E-state index contributed by atoms with van der Waals surface area (Å²) >= 11 is 5.85. The monoisotopic (exact) mass is 431 g/mol. The van der Waals surface area contributed by atoms with Crippen molar-refractivity contribution in [2.24, 2.45) is 0 Å². The molecule has 0 aliphatic carbocycles. The van der Waals surface area contributed by atoms with Crippen molar-refractivity contribution >= 4 is 23.5 Å². The number of nitrogens with one attached hydrogen (secondary N) is 1. The van der Waals surface area contributed by atoms with Gasteiger partial charge in [0.2, 0.25) is 5.91 Å². The highest BCUT2D eigenvalue weighted by molar-refractivity contribution is 6.29. The number of nitrogens with zero attached hydrogens (tertiary/aromatic N) is 6. The van der Waals surface area contributed by atoms with Gasteiger partial charge in [-0.1, -0.05) is 11.6 Å². The SMILES string of the molecule is Cc1nn(-c2cncc(Cl)n2)c(C)c1CC(=O)NN1CCN(CC(F)(F)F)C1=O. The predicted octanol–water partition coefficient (Wildman–Crippen LogP) is 1.81. The molecule has 0 spiro atoms. The number of hydrogen-bond acceptors (Lipinski definition) is 5. The van der Waals surface area contributed by atoms with Gasteiger partial charge in [0.1, 0.15) is 11.7 Å². The van der Waals surface area contributed by atoms with E-state index in [2.05, 4.69) is 20.5 Å². The van der Waals surface area contributed by atoms with Gasteiger partial charge >= 0.3 is 12.2 Å². The molecule has 0 saturated carbocycles. The van der Waals surface area contributed by atoms with E-state index < -0.39 is 24.7 Å². The second-order valence-corrected chi connectivity index (χ2v) is 6.83. The van der Waals surface area contributed by atoms with Crippen LogP contribution in [0.3, 0.4) is 0 Å².